The molecule has 0 atom stereocenters. The monoisotopic (exact) mass is 337 g/mol. The van der Waals surface area contributed by atoms with Crippen LogP contribution >= 0.6 is 0 Å². The molecule has 5 nitrogen and oxygen atoms in total. The molecule has 2 aromatic heterocycles. The number of imidazole rings is 1. The SMILES string of the molecule is COc1ccc(-n2c(O)c(C(=O)F)[n+]3ccc4ccccc4c23)cc1. The van der Waals surface area contributed by atoms with E-state index in [-0.39, 0.29) is 0 Å². The second-order valence-corrected chi connectivity index (χ2v) is 5.58. The van der Waals surface area contributed by atoms with Crippen molar-refractivity contribution in [2.75, 3.05) is 7.11 Å². The second kappa shape index (κ2) is 5.59. The molecule has 0 spiro atoms. The van der Waals surface area contributed by atoms with Crippen LogP contribution in [0.25, 0.3) is 22.1 Å². The Morgan fingerprint density at radius 3 is 2.52 bits per heavy atom. The Bertz CT molecular complexity index is 1120. The number of pyridine rings is 1. The number of hydrogen-bond acceptors (Lipinski definition) is 3. The zero-order valence-corrected chi connectivity index (χ0v) is 13.3. The number of halogens is 1. The number of benzene rings is 2. The van der Waals surface area contributed by atoms with Gasteiger partial charge in [0.25, 0.3) is 5.69 Å². The summed E-state index contributed by atoms with van der Waals surface area (Å²) in [4.78, 5) is 11.5. The predicted molar refractivity (Wildman–Crippen MR) is 90.1 cm³/mol. The van der Waals surface area contributed by atoms with E-state index < -0.39 is 17.6 Å². The average molecular weight is 337 g/mol. The van der Waals surface area contributed by atoms with Crippen LogP contribution in [0.2, 0.25) is 0 Å². The number of carbonyl (C=O) groups is 1. The maximum absolute atomic E-state index is 13.6. The molecular weight excluding hydrogens is 323 g/mol. The largest absolute Gasteiger partial charge is 0.497 e. The third kappa shape index (κ3) is 2.22. The van der Waals surface area contributed by atoms with Gasteiger partial charge < -0.3 is 9.84 Å². The lowest BCUT2D eigenvalue weighted by Crippen LogP contribution is -2.26. The fraction of sp³-hybridized carbons (Fsp3) is 0.0526. The van der Waals surface area contributed by atoms with Crippen molar-refractivity contribution in [1.82, 2.24) is 4.57 Å². The van der Waals surface area contributed by atoms with E-state index in [2.05, 4.69) is 0 Å². The molecule has 0 radical (unpaired) electrons. The fourth-order valence-corrected chi connectivity index (χ4v) is 3.08. The van der Waals surface area contributed by atoms with Crippen LogP contribution < -0.4 is 9.14 Å². The molecule has 0 fully saturated rings. The Balaban J connectivity index is 2.16. The minimum Gasteiger partial charge on any atom is -0.497 e. The maximum Gasteiger partial charge on any atom is 0.379 e. The van der Waals surface area contributed by atoms with Crippen molar-refractivity contribution in [1.29, 1.82) is 0 Å². The van der Waals surface area contributed by atoms with Gasteiger partial charge in [-0.2, -0.15) is 13.4 Å². The van der Waals surface area contributed by atoms with Gasteiger partial charge in [0.15, 0.2) is 0 Å². The third-order valence-corrected chi connectivity index (χ3v) is 4.23. The number of aromatic nitrogens is 2. The van der Waals surface area contributed by atoms with Crippen LogP contribution in [0.4, 0.5) is 4.39 Å². The Hall–Kier alpha value is -3.41. The van der Waals surface area contributed by atoms with Gasteiger partial charge >= 0.3 is 17.6 Å². The van der Waals surface area contributed by atoms with Crippen LogP contribution in [0.15, 0.2) is 60.8 Å². The highest BCUT2D eigenvalue weighted by Gasteiger charge is 2.33. The molecule has 6 heteroatoms. The van der Waals surface area contributed by atoms with Crippen molar-refractivity contribution >= 4 is 22.5 Å². The van der Waals surface area contributed by atoms with E-state index >= 15 is 0 Å². The summed E-state index contributed by atoms with van der Waals surface area (Å²) in [6.07, 6.45) is 1.57. The molecule has 2 heterocycles. The summed E-state index contributed by atoms with van der Waals surface area (Å²) >= 11 is 0. The van der Waals surface area contributed by atoms with E-state index in [1.54, 1.807) is 43.6 Å². The molecule has 4 rings (SSSR count). The Morgan fingerprint density at radius 2 is 1.84 bits per heavy atom. The summed E-state index contributed by atoms with van der Waals surface area (Å²) < 4.78 is 21.6. The first kappa shape index (κ1) is 15.1. The number of hydrogen-bond donors (Lipinski definition) is 1. The van der Waals surface area contributed by atoms with Crippen LogP contribution in [0.5, 0.6) is 11.6 Å². The first-order valence-electron chi connectivity index (χ1n) is 7.63. The van der Waals surface area contributed by atoms with E-state index in [1.165, 1.54) is 8.97 Å². The Labute approximate surface area is 142 Å². The zero-order valence-electron chi connectivity index (χ0n) is 13.3. The maximum atomic E-state index is 13.6. The van der Waals surface area contributed by atoms with Crippen molar-refractivity contribution in [3.63, 3.8) is 0 Å². The predicted octanol–water partition coefficient (Wildman–Crippen LogP) is 3.19. The van der Waals surface area contributed by atoms with Gasteiger partial charge in [0.05, 0.1) is 18.7 Å². The van der Waals surface area contributed by atoms with Crippen LogP contribution in [0, 0.1) is 0 Å². The quantitative estimate of drug-likeness (QED) is 0.461. The third-order valence-electron chi connectivity index (χ3n) is 4.23. The summed E-state index contributed by atoms with van der Waals surface area (Å²) in [5.74, 6) is 0.202. The van der Waals surface area contributed by atoms with Crippen molar-refractivity contribution in [2.24, 2.45) is 0 Å². The van der Waals surface area contributed by atoms with Gasteiger partial charge in [-0.25, -0.2) is 0 Å². The fourth-order valence-electron chi connectivity index (χ4n) is 3.08. The molecule has 25 heavy (non-hydrogen) atoms. The van der Waals surface area contributed by atoms with Gasteiger partial charge in [0.1, 0.15) is 11.4 Å². The van der Waals surface area contributed by atoms with E-state index in [4.69, 9.17) is 4.74 Å². The van der Waals surface area contributed by atoms with Crippen molar-refractivity contribution in [2.45, 2.75) is 0 Å². The smallest absolute Gasteiger partial charge is 0.379 e. The second-order valence-electron chi connectivity index (χ2n) is 5.58. The number of fused-ring (bicyclic) bond motifs is 3. The lowest BCUT2D eigenvalue weighted by Gasteiger charge is -2.03. The average Bonchev–Trinajstić information content (AvgIpc) is 2.94. The van der Waals surface area contributed by atoms with E-state index in [9.17, 15) is 14.3 Å². The van der Waals surface area contributed by atoms with Crippen LogP contribution in [0.1, 0.15) is 10.5 Å². The van der Waals surface area contributed by atoms with E-state index in [0.717, 1.165) is 10.8 Å². The van der Waals surface area contributed by atoms with Crippen molar-refractivity contribution in [3.8, 4) is 17.3 Å². The lowest BCUT2D eigenvalue weighted by atomic mass is 10.1. The standard InChI is InChI=1S/C19H13FN2O3/c1-25-14-8-6-13(7-9-14)22-18-15-5-3-2-4-12(15)10-11-21(18)16(17(20)23)19(22)24/h2-11H,1H3/p+1. The highest BCUT2D eigenvalue weighted by molar-refractivity contribution is 5.95. The van der Waals surface area contributed by atoms with Gasteiger partial charge in [-0.1, -0.05) is 18.2 Å². The molecule has 0 unspecified atom stereocenters. The summed E-state index contributed by atoms with van der Waals surface area (Å²) in [5, 5.41) is 12.3. The van der Waals surface area contributed by atoms with Crippen LogP contribution in [-0.2, 0) is 0 Å². The molecular formula is C19H14FN2O3+. The minimum atomic E-state index is -1.70. The summed E-state index contributed by atoms with van der Waals surface area (Å²) in [7, 11) is 1.56. The minimum absolute atomic E-state index is 0.406. The van der Waals surface area contributed by atoms with Gasteiger partial charge in [0, 0.05) is 0 Å². The Morgan fingerprint density at radius 1 is 1.12 bits per heavy atom. The number of carbonyl (C=O) groups excluding carboxylic acids is 1. The molecule has 0 aliphatic heterocycles. The van der Waals surface area contributed by atoms with Crippen molar-refractivity contribution < 1.29 is 23.4 Å². The van der Waals surface area contributed by atoms with Crippen molar-refractivity contribution in [3.05, 3.63) is 66.5 Å². The number of nitrogens with zero attached hydrogens (tertiary/aromatic N) is 2. The zero-order chi connectivity index (χ0) is 17.6. The number of methoxy groups -OCH3 is 1. The number of rotatable bonds is 3. The molecule has 2 aromatic carbocycles. The molecule has 0 aliphatic carbocycles. The molecule has 0 aliphatic rings. The first-order valence-corrected chi connectivity index (χ1v) is 7.63. The molecule has 4 aromatic rings. The summed E-state index contributed by atoms with van der Waals surface area (Å²) in [6.45, 7) is 0. The topological polar surface area (TPSA) is 55.6 Å². The lowest BCUT2D eigenvalue weighted by molar-refractivity contribution is -0.512. The molecule has 0 bridgehead atoms. The van der Waals surface area contributed by atoms with Gasteiger partial charge in [-0.3, -0.25) is 4.79 Å². The Kier molecular flexibility index (Phi) is 3.39. The molecule has 0 saturated heterocycles. The van der Waals surface area contributed by atoms with E-state index in [0.29, 0.717) is 17.1 Å². The van der Waals surface area contributed by atoms with E-state index in [1.807, 2.05) is 24.3 Å². The van der Waals surface area contributed by atoms with Crippen LogP contribution in [0.3, 0.4) is 0 Å². The summed E-state index contributed by atoms with van der Waals surface area (Å²) in [6, 6.07) is 14.5. The van der Waals surface area contributed by atoms with Gasteiger partial charge in [-0.15, -0.1) is 0 Å². The molecule has 0 saturated carbocycles. The highest BCUT2D eigenvalue weighted by Crippen LogP contribution is 2.29. The highest BCUT2D eigenvalue weighted by atomic mass is 19.1. The van der Waals surface area contributed by atoms with Gasteiger partial charge in [-0.05, 0) is 41.8 Å². The van der Waals surface area contributed by atoms with Crippen LogP contribution in [-0.4, -0.2) is 22.8 Å². The normalized spacial score (nSPS) is 11.1. The molecule has 124 valence electrons. The number of aromatic hydroxyl groups is 1. The molecule has 1 N–H and O–H groups in total. The first-order chi connectivity index (χ1) is 12.1. The van der Waals surface area contributed by atoms with Gasteiger partial charge in [0.2, 0.25) is 0 Å². The summed E-state index contributed by atoms with van der Waals surface area (Å²) in [5.41, 5.74) is 0.679. The number of ether oxygens (including phenoxy) is 1. The molecule has 0 amide bonds.